The van der Waals surface area contributed by atoms with Gasteiger partial charge >= 0.3 is 6.09 Å². The van der Waals surface area contributed by atoms with E-state index in [0.29, 0.717) is 16.9 Å². The molecule has 0 radical (unpaired) electrons. The first-order valence-electron chi connectivity index (χ1n) is 9.42. The highest BCUT2D eigenvalue weighted by Crippen LogP contribution is 2.39. The van der Waals surface area contributed by atoms with Gasteiger partial charge in [0.25, 0.3) is 5.91 Å². The Morgan fingerprint density at radius 1 is 1.18 bits per heavy atom. The van der Waals surface area contributed by atoms with E-state index < -0.39 is 11.7 Å². The average molecular weight is 423 g/mol. The summed E-state index contributed by atoms with van der Waals surface area (Å²) in [5.41, 5.74) is 0.568. The summed E-state index contributed by atoms with van der Waals surface area (Å²) in [6.45, 7) is 7.49. The van der Waals surface area contributed by atoms with E-state index in [2.05, 4.69) is 4.90 Å². The molecule has 0 atom stereocenters. The molecule has 8 heteroatoms. The normalized spacial score (nSPS) is 17.4. The molecule has 2 aliphatic rings. The lowest BCUT2D eigenvalue weighted by atomic mass is 10.0. The van der Waals surface area contributed by atoms with Gasteiger partial charge in [0.2, 0.25) is 0 Å². The maximum Gasteiger partial charge on any atom is 0.417 e. The molecular formula is C20H26N2O4S2. The van der Waals surface area contributed by atoms with Crippen LogP contribution in [-0.2, 0) is 11.2 Å². The van der Waals surface area contributed by atoms with Gasteiger partial charge in [-0.25, -0.2) is 9.69 Å². The summed E-state index contributed by atoms with van der Waals surface area (Å²) < 4.78 is 6.13. The van der Waals surface area contributed by atoms with Crippen molar-refractivity contribution in [3.63, 3.8) is 0 Å². The first-order valence-corrected chi connectivity index (χ1v) is 11.5. The smallest absolute Gasteiger partial charge is 0.417 e. The Labute approximate surface area is 173 Å². The molecule has 28 heavy (non-hydrogen) atoms. The highest BCUT2D eigenvalue weighted by molar-refractivity contribution is 8.00. The van der Waals surface area contributed by atoms with Gasteiger partial charge in [0.15, 0.2) is 5.78 Å². The third-order valence-corrected chi connectivity index (χ3v) is 6.99. The number of nitrogens with zero attached hydrogens (tertiary/aromatic N) is 2. The minimum Gasteiger partial charge on any atom is -0.443 e. The van der Waals surface area contributed by atoms with Gasteiger partial charge in [-0.15, -0.1) is 23.1 Å². The largest absolute Gasteiger partial charge is 0.443 e. The van der Waals surface area contributed by atoms with Crippen LogP contribution in [0.5, 0.6) is 0 Å². The second kappa shape index (κ2) is 8.29. The van der Waals surface area contributed by atoms with Crippen molar-refractivity contribution in [1.29, 1.82) is 0 Å². The fraction of sp³-hybridized carbons (Fsp3) is 0.550. The lowest BCUT2D eigenvalue weighted by Gasteiger charge is -2.29. The summed E-state index contributed by atoms with van der Waals surface area (Å²) in [5.74, 6) is -0.453. The zero-order valence-corrected chi connectivity index (χ0v) is 18.4. The summed E-state index contributed by atoms with van der Waals surface area (Å²) in [6.07, 6.45) is 7.47. The number of imide groups is 1. The molecule has 2 aliphatic heterocycles. The number of ether oxygens (including phenoxy) is 1. The van der Waals surface area contributed by atoms with E-state index in [0.717, 1.165) is 40.6 Å². The van der Waals surface area contributed by atoms with Gasteiger partial charge in [-0.05, 0) is 51.9 Å². The monoisotopic (exact) mass is 422 g/mol. The molecule has 0 N–H and O–H groups in total. The first-order chi connectivity index (χ1) is 13.2. The summed E-state index contributed by atoms with van der Waals surface area (Å²) in [6, 6.07) is 0. The van der Waals surface area contributed by atoms with Crippen LogP contribution in [0.2, 0.25) is 0 Å². The van der Waals surface area contributed by atoms with Crippen LogP contribution >= 0.6 is 23.1 Å². The molecule has 1 aromatic heterocycles. The number of hydrogen-bond donors (Lipinski definition) is 0. The molecule has 0 spiro atoms. The van der Waals surface area contributed by atoms with Crippen LogP contribution < -0.4 is 0 Å². The van der Waals surface area contributed by atoms with E-state index in [-0.39, 0.29) is 18.2 Å². The number of ketones is 1. The minimum absolute atomic E-state index is 0.0769. The number of allylic oxidation sites excluding steroid dienone is 1. The van der Waals surface area contributed by atoms with Gasteiger partial charge < -0.3 is 9.64 Å². The Kier molecular flexibility index (Phi) is 6.19. The molecule has 152 valence electrons. The van der Waals surface area contributed by atoms with E-state index >= 15 is 0 Å². The van der Waals surface area contributed by atoms with E-state index in [9.17, 15) is 14.4 Å². The van der Waals surface area contributed by atoms with Crippen molar-refractivity contribution in [3.8, 4) is 0 Å². The maximum absolute atomic E-state index is 13.0. The molecule has 1 saturated heterocycles. The maximum atomic E-state index is 13.0. The number of likely N-dealkylation sites (tertiary alicyclic amines) is 1. The summed E-state index contributed by atoms with van der Waals surface area (Å²) in [5, 5.41) is 0. The fourth-order valence-corrected chi connectivity index (χ4v) is 5.32. The molecule has 1 aromatic rings. The molecule has 0 unspecified atom stereocenters. The predicted molar refractivity (Wildman–Crippen MR) is 111 cm³/mol. The second-order valence-electron chi connectivity index (χ2n) is 7.89. The summed E-state index contributed by atoms with van der Waals surface area (Å²) in [4.78, 5) is 42.1. The van der Waals surface area contributed by atoms with Crippen molar-refractivity contribution >= 4 is 40.9 Å². The third kappa shape index (κ3) is 4.43. The number of fused-ring (bicyclic) bond motifs is 1. The average Bonchev–Trinajstić information content (AvgIpc) is 3.26. The Morgan fingerprint density at radius 2 is 1.86 bits per heavy atom. The lowest BCUT2D eigenvalue weighted by molar-refractivity contribution is 0.0232. The van der Waals surface area contributed by atoms with Gasteiger partial charge in [0, 0.05) is 31.9 Å². The Bertz CT molecular complexity index is 817. The third-order valence-electron chi connectivity index (χ3n) is 4.62. The standard InChI is InChI=1S/C20H26N2O4S2/c1-20(2,3)26-19(25)22-12-7-13-15(17(22)24)18(27-4)28-16(13)14(23)8-11-21-9-5-6-10-21/h8,11H,5-7,9-10,12H2,1-4H3/b11-8+. The second-order valence-corrected chi connectivity index (χ2v) is 9.98. The molecule has 0 bridgehead atoms. The molecule has 1 fully saturated rings. The molecular weight excluding hydrogens is 396 g/mol. The Morgan fingerprint density at radius 3 is 2.46 bits per heavy atom. The number of hydrogen-bond acceptors (Lipinski definition) is 7. The molecule has 2 amide bonds. The van der Waals surface area contributed by atoms with Crippen molar-refractivity contribution in [1.82, 2.24) is 9.80 Å². The van der Waals surface area contributed by atoms with E-state index in [1.165, 1.54) is 23.1 Å². The number of rotatable bonds is 4. The van der Waals surface area contributed by atoms with Crippen LogP contribution in [0.15, 0.2) is 16.5 Å². The lowest BCUT2D eigenvalue weighted by Crippen LogP contribution is -2.44. The van der Waals surface area contributed by atoms with Crippen molar-refractivity contribution in [2.45, 2.75) is 49.8 Å². The molecule has 6 nitrogen and oxygen atoms in total. The van der Waals surface area contributed by atoms with Crippen LogP contribution in [0.4, 0.5) is 4.79 Å². The zero-order chi connectivity index (χ0) is 20.5. The SMILES string of the molecule is CSc1sc(C(=O)/C=C/N2CCCC2)c2c1C(=O)N(C(=O)OC(C)(C)C)CC2. The quantitative estimate of drug-likeness (QED) is 0.412. The van der Waals surface area contributed by atoms with E-state index in [1.807, 2.05) is 12.5 Å². The fourth-order valence-electron chi connectivity index (χ4n) is 3.33. The van der Waals surface area contributed by atoms with Crippen LogP contribution in [0.3, 0.4) is 0 Å². The van der Waals surface area contributed by atoms with E-state index in [4.69, 9.17) is 4.74 Å². The Hall–Kier alpha value is -1.80. The summed E-state index contributed by atoms with van der Waals surface area (Å²) in [7, 11) is 0. The van der Waals surface area contributed by atoms with Crippen LogP contribution in [-0.4, -0.2) is 59.1 Å². The van der Waals surface area contributed by atoms with Crippen molar-refractivity contribution in [2.75, 3.05) is 25.9 Å². The van der Waals surface area contributed by atoms with Gasteiger partial charge in [0.05, 0.1) is 14.6 Å². The number of amides is 2. The van der Waals surface area contributed by atoms with Crippen molar-refractivity contribution in [2.24, 2.45) is 0 Å². The van der Waals surface area contributed by atoms with Gasteiger partial charge in [-0.3, -0.25) is 9.59 Å². The number of thioether (sulfide) groups is 1. The molecule has 0 aromatic carbocycles. The molecule has 3 heterocycles. The number of thiophene rings is 1. The van der Waals surface area contributed by atoms with Crippen LogP contribution in [0.25, 0.3) is 0 Å². The summed E-state index contributed by atoms with van der Waals surface area (Å²) >= 11 is 2.77. The van der Waals surface area contributed by atoms with Gasteiger partial charge in [-0.2, -0.15) is 0 Å². The highest BCUT2D eigenvalue weighted by Gasteiger charge is 2.37. The van der Waals surface area contributed by atoms with Gasteiger partial charge in [0.1, 0.15) is 5.60 Å². The molecule has 3 rings (SSSR count). The molecule has 0 aliphatic carbocycles. The number of carbonyl (C=O) groups is 3. The number of carbonyl (C=O) groups excluding carboxylic acids is 3. The molecule has 0 saturated carbocycles. The van der Waals surface area contributed by atoms with Crippen LogP contribution in [0, 0.1) is 0 Å². The Balaban J connectivity index is 1.85. The first kappa shape index (κ1) is 20.9. The van der Waals surface area contributed by atoms with Crippen molar-refractivity contribution in [3.05, 3.63) is 28.3 Å². The topological polar surface area (TPSA) is 66.9 Å². The zero-order valence-electron chi connectivity index (χ0n) is 16.7. The van der Waals surface area contributed by atoms with Crippen LogP contribution in [0.1, 0.15) is 59.2 Å². The van der Waals surface area contributed by atoms with E-state index in [1.54, 1.807) is 26.8 Å². The van der Waals surface area contributed by atoms with Gasteiger partial charge in [-0.1, -0.05) is 0 Å². The predicted octanol–water partition coefficient (Wildman–Crippen LogP) is 4.20. The highest BCUT2D eigenvalue weighted by atomic mass is 32.2. The van der Waals surface area contributed by atoms with Crippen molar-refractivity contribution < 1.29 is 19.1 Å². The minimum atomic E-state index is -0.671.